The molecule has 60 heavy (non-hydrogen) atoms. The Balaban J connectivity index is 1.06. The number of para-hydroxylation sites is 3. The normalized spacial score (nSPS) is 19.4. The van der Waals surface area contributed by atoms with Crippen molar-refractivity contribution in [2.45, 2.75) is 44.9 Å². The molecule has 3 nitrogen and oxygen atoms in total. The highest BCUT2D eigenvalue weighted by Crippen LogP contribution is 2.60. The molecule has 0 aliphatic heterocycles. The van der Waals surface area contributed by atoms with Crippen LogP contribution in [0.4, 0.5) is 17.1 Å². The zero-order chi connectivity index (χ0) is 40.3. The summed E-state index contributed by atoms with van der Waals surface area (Å²) in [5, 5.41) is 7.07. The van der Waals surface area contributed by atoms with Crippen LogP contribution in [0, 0.1) is 11.8 Å². The van der Waals surface area contributed by atoms with E-state index in [1.807, 2.05) is 0 Å². The van der Waals surface area contributed by atoms with Crippen LogP contribution in [0.5, 0.6) is 0 Å². The molecule has 0 amide bonds. The van der Waals surface area contributed by atoms with Crippen molar-refractivity contribution in [2.75, 3.05) is 4.90 Å². The third-order valence-corrected chi connectivity index (χ3v) is 14.5. The molecule has 0 N–H and O–H groups in total. The van der Waals surface area contributed by atoms with Gasteiger partial charge in [0.25, 0.3) is 0 Å². The number of benzene rings is 8. The lowest BCUT2D eigenvalue weighted by atomic mass is 9.60. The molecule has 8 aromatic carbocycles. The van der Waals surface area contributed by atoms with Gasteiger partial charge in [-0.05, 0) is 123 Å². The molecule has 0 saturated heterocycles. The molecule has 3 heteroatoms. The Kier molecular flexibility index (Phi) is 7.51. The van der Waals surface area contributed by atoms with E-state index in [0.29, 0.717) is 11.8 Å². The van der Waals surface area contributed by atoms with E-state index in [9.17, 15) is 0 Å². The van der Waals surface area contributed by atoms with Crippen LogP contribution in [-0.4, -0.2) is 4.57 Å². The zero-order valence-corrected chi connectivity index (χ0v) is 34.5. The molecule has 0 spiro atoms. The van der Waals surface area contributed by atoms with Gasteiger partial charge >= 0.3 is 0 Å². The van der Waals surface area contributed by atoms with Crippen LogP contribution in [0.25, 0.3) is 71.3 Å². The first-order valence-electron chi connectivity index (χ1n) is 21.4. The lowest BCUT2D eigenvalue weighted by Gasteiger charge is -2.43. The second-order valence-corrected chi connectivity index (χ2v) is 18.0. The molecule has 0 fully saturated rings. The van der Waals surface area contributed by atoms with E-state index in [0.717, 1.165) is 56.5 Å². The van der Waals surface area contributed by atoms with Gasteiger partial charge in [-0.25, -0.2) is 0 Å². The van der Waals surface area contributed by atoms with E-state index in [2.05, 4.69) is 219 Å². The Morgan fingerprint density at radius 3 is 2.13 bits per heavy atom. The maximum absolute atomic E-state index is 6.84. The van der Waals surface area contributed by atoms with Crippen LogP contribution >= 0.6 is 0 Å². The van der Waals surface area contributed by atoms with Crippen molar-refractivity contribution in [2.24, 2.45) is 11.8 Å². The van der Waals surface area contributed by atoms with E-state index in [-0.39, 0.29) is 10.8 Å². The standard InChI is InChI=1S/C57H46N2O/c1-36-15-14-24-52-56(2,3)49-34-43(31-32-48(49)57(36,52)4)58(40-18-6-5-7-19-40)41-28-26-38(27-29-41)46-35-47-44-20-11-13-23-51(44)60-55(47)54-53(46)45-21-10-12-22-50(45)59(54)42-30-25-37-16-8-9-17-39(37)33-42/h5-14,16-36,52H,15H2,1-4H3. The molecule has 2 aromatic heterocycles. The van der Waals surface area contributed by atoms with Gasteiger partial charge in [-0.2, -0.15) is 0 Å². The largest absolute Gasteiger partial charge is 0.454 e. The zero-order valence-electron chi connectivity index (χ0n) is 34.5. The van der Waals surface area contributed by atoms with Crippen LogP contribution in [0.3, 0.4) is 0 Å². The fraction of sp³-hybridized carbons (Fsp3) is 0.158. The first-order chi connectivity index (χ1) is 29.3. The molecule has 290 valence electrons. The number of rotatable bonds is 5. The fourth-order valence-corrected chi connectivity index (χ4v) is 11.4. The number of hydrogen-bond donors (Lipinski definition) is 0. The van der Waals surface area contributed by atoms with Crippen molar-refractivity contribution in [1.29, 1.82) is 0 Å². The summed E-state index contributed by atoms with van der Waals surface area (Å²) in [6.45, 7) is 9.85. The minimum absolute atomic E-state index is 0.0186. The van der Waals surface area contributed by atoms with Crippen LogP contribution in [0.15, 0.2) is 186 Å². The van der Waals surface area contributed by atoms with E-state index >= 15 is 0 Å². The summed E-state index contributed by atoms with van der Waals surface area (Å²) in [6.07, 6.45) is 6.06. The van der Waals surface area contributed by atoms with Crippen LogP contribution in [-0.2, 0) is 10.8 Å². The third kappa shape index (κ3) is 4.90. The molecule has 0 bridgehead atoms. The topological polar surface area (TPSA) is 21.3 Å². The highest BCUT2D eigenvalue weighted by Gasteiger charge is 2.55. The van der Waals surface area contributed by atoms with E-state index < -0.39 is 0 Å². The summed E-state index contributed by atoms with van der Waals surface area (Å²) in [5.41, 5.74) is 14.1. The molecule has 12 rings (SSSR count). The maximum atomic E-state index is 6.84. The summed E-state index contributed by atoms with van der Waals surface area (Å²) in [4.78, 5) is 2.43. The molecule has 3 unspecified atom stereocenters. The third-order valence-electron chi connectivity index (χ3n) is 14.5. The van der Waals surface area contributed by atoms with Gasteiger partial charge < -0.3 is 13.9 Å². The minimum Gasteiger partial charge on any atom is -0.454 e. The molecular weight excluding hydrogens is 729 g/mol. The van der Waals surface area contributed by atoms with E-state index in [4.69, 9.17) is 4.42 Å². The van der Waals surface area contributed by atoms with E-state index in [1.54, 1.807) is 0 Å². The second kappa shape index (κ2) is 12.8. The van der Waals surface area contributed by atoms with Crippen LogP contribution < -0.4 is 4.90 Å². The van der Waals surface area contributed by atoms with Gasteiger partial charge in [0.05, 0.1) is 11.0 Å². The molecule has 2 heterocycles. The summed E-state index contributed by atoms with van der Waals surface area (Å²) in [6, 6.07) is 62.4. The van der Waals surface area contributed by atoms with Crippen molar-refractivity contribution >= 4 is 71.6 Å². The Hall–Kier alpha value is -6.84. The number of furan rings is 1. The number of hydrogen-bond acceptors (Lipinski definition) is 2. The number of nitrogens with zero attached hydrogens (tertiary/aromatic N) is 2. The van der Waals surface area contributed by atoms with Crippen LogP contribution in [0.2, 0.25) is 0 Å². The Bertz CT molecular complexity index is 3360. The molecule has 2 aliphatic rings. The summed E-state index contributed by atoms with van der Waals surface area (Å²) in [5.74, 6) is 1.06. The van der Waals surface area contributed by atoms with E-state index in [1.165, 1.54) is 49.5 Å². The Morgan fingerprint density at radius 1 is 0.600 bits per heavy atom. The first-order valence-corrected chi connectivity index (χ1v) is 21.4. The van der Waals surface area contributed by atoms with Gasteiger partial charge in [-0.1, -0.05) is 143 Å². The molecular formula is C57H46N2O. The van der Waals surface area contributed by atoms with Crippen molar-refractivity contribution in [3.8, 4) is 16.8 Å². The Labute approximate surface area is 350 Å². The van der Waals surface area contributed by atoms with Gasteiger partial charge in [0.1, 0.15) is 5.58 Å². The van der Waals surface area contributed by atoms with Crippen LogP contribution in [0.1, 0.15) is 45.2 Å². The predicted octanol–water partition coefficient (Wildman–Crippen LogP) is 15.7. The summed E-state index contributed by atoms with van der Waals surface area (Å²) in [7, 11) is 0. The monoisotopic (exact) mass is 774 g/mol. The van der Waals surface area contributed by atoms with Crippen molar-refractivity contribution in [3.05, 3.63) is 193 Å². The molecule has 0 saturated carbocycles. The van der Waals surface area contributed by atoms with Gasteiger partial charge in [0.15, 0.2) is 5.58 Å². The number of allylic oxidation sites excluding steroid dienone is 2. The van der Waals surface area contributed by atoms with Gasteiger partial charge in [0, 0.05) is 49.7 Å². The van der Waals surface area contributed by atoms with Crippen molar-refractivity contribution in [1.82, 2.24) is 4.57 Å². The minimum atomic E-state index is 0.0186. The SMILES string of the molecule is CC1CC=CC2C(C)(C)c3cc(N(c4ccccc4)c4ccc(-c5cc6c7ccccc7oc6c6c5c5ccccc5n6-c5ccc6ccccc6c5)cc4)ccc3C12C. The molecule has 0 radical (unpaired) electrons. The highest BCUT2D eigenvalue weighted by atomic mass is 16.3. The summed E-state index contributed by atoms with van der Waals surface area (Å²) < 4.78 is 9.26. The maximum Gasteiger partial charge on any atom is 0.160 e. The number of anilines is 3. The quantitative estimate of drug-likeness (QED) is 0.162. The van der Waals surface area contributed by atoms with Crippen molar-refractivity contribution in [3.63, 3.8) is 0 Å². The van der Waals surface area contributed by atoms with Gasteiger partial charge in [-0.15, -0.1) is 0 Å². The predicted molar refractivity (Wildman–Crippen MR) is 252 cm³/mol. The average molecular weight is 775 g/mol. The summed E-state index contributed by atoms with van der Waals surface area (Å²) >= 11 is 0. The Morgan fingerprint density at radius 2 is 1.30 bits per heavy atom. The average Bonchev–Trinajstić information content (AvgIpc) is 3.89. The molecule has 3 atom stereocenters. The lowest BCUT2D eigenvalue weighted by Crippen LogP contribution is -2.41. The van der Waals surface area contributed by atoms with Crippen molar-refractivity contribution < 1.29 is 4.42 Å². The molecule has 10 aromatic rings. The number of aromatic nitrogens is 1. The molecule has 2 aliphatic carbocycles. The van der Waals surface area contributed by atoms with Gasteiger partial charge in [0.2, 0.25) is 0 Å². The highest BCUT2D eigenvalue weighted by molar-refractivity contribution is 6.26. The first kappa shape index (κ1) is 35.1. The lowest BCUT2D eigenvalue weighted by molar-refractivity contribution is 0.191. The smallest absolute Gasteiger partial charge is 0.160 e. The number of fused-ring (bicyclic) bond motifs is 11. The van der Waals surface area contributed by atoms with Gasteiger partial charge in [-0.3, -0.25) is 0 Å². The fourth-order valence-electron chi connectivity index (χ4n) is 11.4. The second-order valence-electron chi connectivity index (χ2n) is 18.0.